The van der Waals surface area contributed by atoms with E-state index in [-0.39, 0.29) is 18.4 Å². The third-order valence-corrected chi connectivity index (χ3v) is 7.90. The van der Waals surface area contributed by atoms with Crippen LogP contribution in [0, 0.1) is 5.92 Å². The SMILES string of the molecule is CC1C(CO)=C(C=O)SC1CCN1CCN(C(=O)Cc2ccc(-n3cnnn3)cc2)CC1. The van der Waals surface area contributed by atoms with Crippen molar-refractivity contribution in [3.63, 3.8) is 0 Å². The zero-order valence-corrected chi connectivity index (χ0v) is 18.9. The quantitative estimate of drug-likeness (QED) is 0.585. The topological polar surface area (TPSA) is 104 Å². The number of aromatic nitrogens is 4. The maximum absolute atomic E-state index is 12.7. The van der Waals surface area contributed by atoms with Gasteiger partial charge in [-0.1, -0.05) is 19.1 Å². The van der Waals surface area contributed by atoms with Gasteiger partial charge in [0.2, 0.25) is 5.91 Å². The summed E-state index contributed by atoms with van der Waals surface area (Å²) in [4.78, 5) is 29.0. The van der Waals surface area contributed by atoms with E-state index in [0.717, 1.165) is 62.3 Å². The lowest BCUT2D eigenvalue weighted by molar-refractivity contribution is -0.132. The molecule has 9 nitrogen and oxygen atoms in total. The van der Waals surface area contributed by atoms with Crippen molar-refractivity contribution in [2.45, 2.75) is 25.0 Å². The van der Waals surface area contributed by atoms with Gasteiger partial charge in [0.1, 0.15) is 6.33 Å². The molecule has 1 aromatic heterocycles. The van der Waals surface area contributed by atoms with Crippen LogP contribution in [0.3, 0.4) is 0 Å². The van der Waals surface area contributed by atoms with E-state index in [1.165, 1.54) is 6.33 Å². The van der Waals surface area contributed by atoms with Crippen LogP contribution in [-0.4, -0.2) is 91.9 Å². The molecule has 2 atom stereocenters. The first-order chi connectivity index (χ1) is 15.6. The van der Waals surface area contributed by atoms with Crippen molar-refractivity contribution in [3.8, 4) is 5.69 Å². The fraction of sp³-hybridized carbons (Fsp3) is 0.500. The first-order valence-electron chi connectivity index (χ1n) is 10.9. The zero-order valence-electron chi connectivity index (χ0n) is 18.1. The Hall–Kier alpha value is -2.56. The number of carbonyl (C=O) groups excluding carboxylic acids is 2. The van der Waals surface area contributed by atoms with E-state index in [1.54, 1.807) is 16.4 Å². The van der Waals surface area contributed by atoms with Crippen molar-refractivity contribution in [1.29, 1.82) is 0 Å². The number of nitrogens with zero attached hydrogens (tertiary/aromatic N) is 6. The van der Waals surface area contributed by atoms with Gasteiger partial charge >= 0.3 is 0 Å². The van der Waals surface area contributed by atoms with Gasteiger partial charge in [-0.2, -0.15) is 0 Å². The Balaban J connectivity index is 1.21. The minimum atomic E-state index is -0.0418. The molecular weight excluding hydrogens is 428 g/mol. The van der Waals surface area contributed by atoms with E-state index in [2.05, 4.69) is 27.3 Å². The lowest BCUT2D eigenvalue weighted by Gasteiger charge is -2.35. The molecule has 3 heterocycles. The molecule has 2 aliphatic rings. The molecule has 0 spiro atoms. The predicted molar refractivity (Wildman–Crippen MR) is 121 cm³/mol. The van der Waals surface area contributed by atoms with E-state index < -0.39 is 0 Å². The van der Waals surface area contributed by atoms with Crippen molar-refractivity contribution in [2.24, 2.45) is 5.92 Å². The van der Waals surface area contributed by atoms with Crippen LogP contribution in [0.25, 0.3) is 5.69 Å². The highest BCUT2D eigenvalue weighted by Gasteiger charge is 2.32. The number of amides is 1. The van der Waals surface area contributed by atoms with Crippen LogP contribution in [0.5, 0.6) is 0 Å². The molecule has 1 fully saturated rings. The van der Waals surface area contributed by atoms with Crippen LogP contribution in [-0.2, 0) is 16.0 Å². The Labute approximate surface area is 191 Å². The number of hydrogen-bond acceptors (Lipinski definition) is 8. The van der Waals surface area contributed by atoms with E-state index in [9.17, 15) is 14.7 Å². The summed E-state index contributed by atoms with van der Waals surface area (Å²) in [5, 5.41) is 21.0. The highest BCUT2D eigenvalue weighted by atomic mass is 32.2. The lowest BCUT2D eigenvalue weighted by Crippen LogP contribution is -2.49. The number of piperazine rings is 1. The standard InChI is InChI=1S/C22H28N6O3S/c1-16-19(13-29)21(14-30)32-20(16)6-7-26-8-10-27(11-9-26)22(31)12-17-2-4-18(5-3-17)28-15-23-24-25-28/h2-5,14-16,20,29H,6-13H2,1H3. The molecule has 2 unspecified atom stereocenters. The molecule has 2 aliphatic heterocycles. The van der Waals surface area contributed by atoms with Gasteiger partial charge in [0, 0.05) is 36.3 Å². The zero-order chi connectivity index (χ0) is 22.5. The van der Waals surface area contributed by atoms with E-state index in [1.807, 2.05) is 29.2 Å². The smallest absolute Gasteiger partial charge is 0.227 e. The molecule has 4 rings (SSSR count). The van der Waals surface area contributed by atoms with Crippen LogP contribution in [0.2, 0.25) is 0 Å². The van der Waals surface area contributed by atoms with Gasteiger partial charge in [-0.3, -0.25) is 14.5 Å². The second kappa shape index (κ2) is 10.4. The van der Waals surface area contributed by atoms with Gasteiger partial charge in [0.25, 0.3) is 0 Å². The maximum atomic E-state index is 12.7. The summed E-state index contributed by atoms with van der Waals surface area (Å²) in [5.74, 6) is 0.368. The maximum Gasteiger partial charge on any atom is 0.227 e. The van der Waals surface area contributed by atoms with Crippen molar-refractivity contribution < 1.29 is 14.7 Å². The number of carbonyl (C=O) groups is 2. The van der Waals surface area contributed by atoms with Crippen molar-refractivity contribution >= 4 is 24.0 Å². The number of hydrogen-bond donors (Lipinski definition) is 1. The van der Waals surface area contributed by atoms with Crippen molar-refractivity contribution in [3.05, 3.63) is 46.6 Å². The molecule has 1 saturated heterocycles. The molecule has 10 heteroatoms. The number of aliphatic hydroxyl groups excluding tert-OH is 1. The van der Waals surface area contributed by atoms with Crippen LogP contribution in [0.1, 0.15) is 18.9 Å². The lowest BCUT2D eigenvalue weighted by atomic mass is 9.96. The first kappa shape index (κ1) is 22.6. The van der Waals surface area contributed by atoms with Crippen molar-refractivity contribution in [2.75, 3.05) is 39.3 Å². The summed E-state index contributed by atoms with van der Waals surface area (Å²) in [7, 11) is 0. The minimum Gasteiger partial charge on any atom is -0.392 e. The van der Waals surface area contributed by atoms with E-state index in [0.29, 0.717) is 16.6 Å². The summed E-state index contributed by atoms with van der Waals surface area (Å²) < 4.78 is 1.58. The predicted octanol–water partition coefficient (Wildman–Crippen LogP) is 0.936. The van der Waals surface area contributed by atoms with Crippen molar-refractivity contribution in [1.82, 2.24) is 30.0 Å². The van der Waals surface area contributed by atoms with E-state index in [4.69, 9.17) is 0 Å². The highest BCUT2D eigenvalue weighted by molar-refractivity contribution is 8.04. The fourth-order valence-corrected chi connectivity index (χ4v) is 5.66. The molecule has 0 bridgehead atoms. The molecule has 0 aliphatic carbocycles. The third kappa shape index (κ3) is 5.08. The number of rotatable bonds is 8. The van der Waals surface area contributed by atoms with Crippen LogP contribution in [0.4, 0.5) is 0 Å². The molecule has 32 heavy (non-hydrogen) atoms. The summed E-state index contributed by atoms with van der Waals surface area (Å²) >= 11 is 1.59. The average molecular weight is 457 g/mol. The summed E-state index contributed by atoms with van der Waals surface area (Å²) in [6.07, 6.45) is 3.76. The normalized spacial score (nSPS) is 21.9. The summed E-state index contributed by atoms with van der Waals surface area (Å²) in [6.45, 7) is 6.16. The number of benzene rings is 1. The Bertz CT molecular complexity index is 955. The van der Waals surface area contributed by atoms with Crippen LogP contribution >= 0.6 is 11.8 Å². The molecular formula is C22H28N6O3S. The Morgan fingerprint density at radius 2 is 1.97 bits per heavy atom. The Kier molecular flexibility index (Phi) is 7.33. The van der Waals surface area contributed by atoms with Gasteiger partial charge in [-0.25, -0.2) is 4.68 Å². The van der Waals surface area contributed by atoms with Gasteiger partial charge in [-0.05, 0) is 52.6 Å². The molecule has 1 N–H and O–H groups in total. The molecule has 0 radical (unpaired) electrons. The number of aliphatic hydroxyl groups is 1. The molecule has 1 amide bonds. The Morgan fingerprint density at radius 3 is 2.56 bits per heavy atom. The monoisotopic (exact) mass is 456 g/mol. The van der Waals surface area contributed by atoms with Crippen LogP contribution < -0.4 is 0 Å². The average Bonchev–Trinajstić information content (AvgIpc) is 3.46. The van der Waals surface area contributed by atoms with Gasteiger partial charge in [-0.15, -0.1) is 16.9 Å². The fourth-order valence-electron chi connectivity index (χ4n) is 4.29. The van der Waals surface area contributed by atoms with Crippen LogP contribution in [0.15, 0.2) is 41.1 Å². The van der Waals surface area contributed by atoms with Gasteiger partial charge in [0.05, 0.1) is 18.7 Å². The van der Waals surface area contributed by atoms with Gasteiger partial charge in [0.15, 0.2) is 6.29 Å². The third-order valence-electron chi connectivity index (χ3n) is 6.34. The molecule has 2 aromatic rings. The van der Waals surface area contributed by atoms with E-state index >= 15 is 0 Å². The highest BCUT2D eigenvalue weighted by Crippen LogP contribution is 2.42. The Morgan fingerprint density at radius 1 is 1.22 bits per heavy atom. The largest absolute Gasteiger partial charge is 0.392 e. The molecule has 1 aromatic carbocycles. The number of thioether (sulfide) groups is 1. The summed E-state index contributed by atoms with van der Waals surface area (Å²) in [5.41, 5.74) is 2.70. The first-order valence-corrected chi connectivity index (χ1v) is 11.7. The number of tetrazole rings is 1. The minimum absolute atomic E-state index is 0.0418. The number of allylic oxidation sites excluding steroid dienone is 1. The molecule has 170 valence electrons. The second-order valence-corrected chi connectivity index (χ2v) is 9.50. The van der Waals surface area contributed by atoms with Gasteiger partial charge < -0.3 is 10.0 Å². The second-order valence-electron chi connectivity index (χ2n) is 8.22. The summed E-state index contributed by atoms with van der Waals surface area (Å²) in [6, 6.07) is 7.69. The number of aldehydes is 1. The molecule has 0 saturated carbocycles.